The van der Waals surface area contributed by atoms with Crippen molar-refractivity contribution in [2.75, 3.05) is 26.2 Å². The molecule has 5 unspecified atom stereocenters. The fourth-order valence-corrected chi connectivity index (χ4v) is 12.4. The fourth-order valence-electron chi connectivity index (χ4n) is 12.4. The van der Waals surface area contributed by atoms with E-state index >= 15 is 0 Å². The number of aromatic hydroxyl groups is 4. The Labute approximate surface area is 469 Å². The van der Waals surface area contributed by atoms with Crippen LogP contribution in [0.1, 0.15) is 179 Å². The van der Waals surface area contributed by atoms with Gasteiger partial charge in [0.1, 0.15) is 46.0 Å². The summed E-state index contributed by atoms with van der Waals surface area (Å²) < 4.78 is 24.5. The number of esters is 4. The zero-order chi connectivity index (χ0) is 58.3. The Bertz CT molecular complexity index is 3230. The lowest BCUT2D eigenvalue weighted by molar-refractivity contribution is -0.137. The minimum atomic E-state index is -0.944. The van der Waals surface area contributed by atoms with E-state index in [0.717, 1.165) is 0 Å². The molecule has 3 aliphatic heterocycles. The number of fused-ring (bicyclic) bond motifs is 8. The molecule has 0 radical (unpaired) electrons. The van der Waals surface area contributed by atoms with Gasteiger partial charge in [0.2, 0.25) is 0 Å². The first-order valence-electron chi connectivity index (χ1n) is 27.7. The summed E-state index contributed by atoms with van der Waals surface area (Å²) in [6.07, 6.45) is 6.59. The molecule has 9 bridgehead atoms. The molecule has 426 valence electrons. The van der Waals surface area contributed by atoms with Crippen molar-refractivity contribution in [3.05, 3.63) is 93.0 Å². The lowest BCUT2D eigenvalue weighted by Gasteiger charge is -2.35. The Morgan fingerprint density at radius 1 is 0.400 bits per heavy atom. The molecule has 4 N–H and O–H groups in total. The number of aliphatic imine (C=N–C) groups is 4. The molecule has 0 spiro atoms. The van der Waals surface area contributed by atoms with E-state index in [1.165, 1.54) is 24.9 Å². The Kier molecular flexibility index (Phi) is 16.4. The van der Waals surface area contributed by atoms with Gasteiger partial charge in [-0.3, -0.25) is 39.1 Å². The van der Waals surface area contributed by atoms with Gasteiger partial charge in [-0.1, -0.05) is 83.1 Å². The van der Waals surface area contributed by atoms with Crippen LogP contribution in [0.4, 0.5) is 0 Å². The van der Waals surface area contributed by atoms with E-state index in [0.29, 0.717) is 44.5 Å². The van der Waals surface area contributed by atoms with Crippen molar-refractivity contribution < 1.29 is 58.6 Å². The molecule has 80 heavy (non-hydrogen) atoms. The quantitative estimate of drug-likeness (QED) is 0.0951. The van der Waals surface area contributed by atoms with Crippen LogP contribution in [0.15, 0.2) is 68.5 Å². The number of carbonyl (C=O) groups excluding carboxylic acids is 4. The molecule has 16 heteroatoms. The number of hydrogen-bond acceptors (Lipinski definition) is 16. The number of hydrogen-bond donors (Lipinski definition) is 4. The van der Waals surface area contributed by atoms with Crippen LogP contribution in [-0.2, 0) is 40.8 Å². The van der Waals surface area contributed by atoms with Crippen molar-refractivity contribution in [1.82, 2.24) is 0 Å². The number of rotatable bonds is 0. The van der Waals surface area contributed by atoms with Crippen molar-refractivity contribution in [3.8, 4) is 46.0 Å². The smallest absolute Gasteiger partial charge is 0.311 e. The summed E-state index contributed by atoms with van der Waals surface area (Å²) in [5, 5.41) is 47.1. The molecule has 16 nitrogen and oxygen atoms in total. The largest absolute Gasteiger partial charge is 0.507 e. The maximum atomic E-state index is 14.5. The Hall–Kier alpha value is -7.36. The first kappa shape index (κ1) is 58.8. The predicted molar refractivity (Wildman–Crippen MR) is 308 cm³/mol. The van der Waals surface area contributed by atoms with Gasteiger partial charge in [0.25, 0.3) is 0 Å². The maximum Gasteiger partial charge on any atom is 0.311 e. The lowest BCUT2D eigenvalue weighted by Crippen LogP contribution is -2.30. The van der Waals surface area contributed by atoms with E-state index in [-0.39, 0.29) is 124 Å². The van der Waals surface area contributed by atoms with Crippen molar-refractivity contribution >= 4 is 48.7 Å². The highest BCUT2D eigenvalue weighted by atomic mass is 16.5. The molecule has 3 heterocycles. The van der Waals surface area contributed by atoms with Crippen molar-refractivity contribution in [2.24, 2.45) is 42.6 Å². The molecule has 0 aromatic heterocycles. The van der Waals surface area contributed by atoms with Crippen molar-refractivity contribution in [1.29, 1.82) is 0 Å². The van der Waals surface area contributed by atoms with Gasteiger partial charge in [0.05, 0.1) is 26.2 Å². The highest BCUT2D eigenvalue weighted by Gasteiger charge is 2.73. The standard InChI is InChI=1S/C64H78N4O12/c1-59(2,3)45-29-41-25-37(53(45)73)33-65-21-22-66-34-38-26-42(30-46(54(38)74)60(4,5)6)79-51(71)15-19-63(11)20-16-52(72)80-44-28-40-36-68-24-23-67-35-39-27-43(31-47(55(39)75)61(7,8)9)78-50(70)14-18-62(10,17-13-49(69)77-41)57-58(63)64(57,12)48(32-44)56(40)76/h25-36,57-58,73-76H,13-24H2,1-12H3/b65-33+,66-34+,67-35+,68-36+. The average Bonchev–Trinajstić information content (AvgIpc) is 4.07. The van der Waals surface area contributed by atoms with E-state index in [9.17, 15) is 39.6 Å². The lowest BCUT2D eigenvalue weighted by atomic mass is 9.69. The van der Waals surface area contributed by atoms with Gasteiger partial charge < -0.3 is 39.4 Å². The number of benzene rings is 4. The summed E-state index contributed by atoms with van der Waals surface area (Å²) in [6, 6.07) is 12.9. The third kappa shape index (κ3) is 12.6. The minimum absolute atomic E-state index is 0.000914. The van der Waals surface area contributed by atoms with Crippen LogP contribution in [0.5, 0.6) is 46.0 Å². The van der Waals surface area contributed by atoms with E-state index in [2.05, 4.69) is 20.0 Å². The van der Waals surface area contributed by atoms with Gasteiger partial charge in [0, 0.05) is 100 Å². The van der Waals surface area contributed by atoms with E-state index < -0.39 is 68.2 Å². The number of phenols is 4. The molecular formula is C64H78N4O12. The minimum Gasteiger partial charge on any atom is -0.507 e. The second-order valence-electron chi connectivity index (χ2n) is 26.0. The fraction of sp³-hybridized carbons (Fsp3) is 0.500. The number of ether oxygens (including phenoxy) is 4. The summed E-state index contributed by atoms with van der Waals surface area (Å²) in [5.41, 5.74) is -0.979. The first-order valence-corrected chi connectivity index (χ1v) is 27.7. The predicted octanol–water partition coefficient (Wildman–Crippen LogP) is 11.5. The number of carbonyl (C=O) groups is 4. The van der Waals surface area contributed by atoms with Gasteiger partial charge in [-0.05, 0) is 113 Å². The molecule has 8 rings (SSSR count). The van der Waals surface area contributed by atoms with Gasteiger partial charge in [0.15, 0.2) is 0 Å². The van der Waals surface area contributed by atoms with Crippen LogP contribution < -0.4 is 18.9 Å². The second kappa shape index (κ2) is 22.3. The number of phenolic OH excluding ortho intramolecular Hbond substituents is 4. The van der Waals surface area contributed by atoms with Gasteiger partial charge in [-0.2, -0.15) is 0 Å². The molecule has 1 saturated carbocycles. The van der Waals surface area contributed by atoms with Crippen molar-refractivity contribution in [3.63, 3.8) is 0 Å². The van der Waals surface area contributed by atoms with Crippen LogP contribution in [0.3, 0.4) is 0 Å². The summed E-state index contributed by atoms with van der Waals surface area (Å²) in [4.78, 5) is 75.3. The molecule has 1 fully saturated rings. The monoisotopic (exact) mass is 1090 g/mol. The summed E-state index contributed by atoms with van der Waals surface area (Å²) in [7, 11) is 0. The zero-order valence-electron chi connectivity index (χ0n) is 48.4. The third-order valence-corrected chi connectivity index (χ3v) is 16.6. The Morgan fingerprint density at radius 2 is 0.650 bits per heavy atom. The van der Waals surface area contributed by atoms with Gasteiger partial charge >= 0.3 is 23.9 Å². The second-order valence-corrected chi connectivity index (χ2v) is 26.0. The third-order valence-electron chi connectivity index (χ3n) is 16.6. The maximum absolute atomic E-state index is 14.5. The van der Waals surface area contributed by atoms with Gasteiger partial charge in [-0.25, -0.2) is 0 Å². The van der Waals surface area contributed by atoms with Crippen LogP contribution in [0.25, 0.3) is 0 Å². The van der Waals surface area contributed by atoms with E-state index in [1.54, 1.807) is 48.5 Å². The molecule has 4 aromatic carbocycles. The molecule has 5 atom stereocenters. The van der Waals surface area contributed by atoms with Crippen LogP contribution in [-0.4, -0.2) is 95.3 Å². The topological polar surface area (TPSA) is 236 Å². The molecular weight excluding hydrogens is 1020 g/mol. The zero-order valence-corrected chi connectivity index (χ0v) is 48.4. The van der Waals surface area contributed by atoms with Crippen molar-refractivity contribution in [2.45, 2.75) is 156 Å². The molecule has 4 aliphatic rings. The highest BCUT2D eigenvalue weighted by Crippen LogP contribution is 2.76. The summed E-state index contributed by atoms with van der Waals surface area (Å²) >= 11 is 0. The Balaban J connectivity index is 1.29. The van der Waals surface area contributed by atoms with Gasteiger partial charge in [-0.15, -0.1) is 0 Å². The van der Waals surface area contributed by atoms with Crippen LogP contribution in [0.2, 0.25) is 0 Å². The van der Waals surface area contributed by atoms with E-state index in [4.69, 9.17) is 18.9 Å². The molecule has 0 saturated heterocycles. The Morgan fingerprint density at radius 3 is 0.912 bits per heavy atom. The SMILES string of the molecule is CC(C)(C)c1cc2cc(c1O)/C=N/CC/N=C/c1cc(cc(C(C)(C)C)c1O)OC(=O)CCC1(C)CCC(=O)Oc3cc4c(O)c(c3)C3(C)C(C13)C(C)(CCC(=O)O2)CCC(=O)Oc1cc(c(O)c(C(C)(C)C)c1)/C=N/CC/N=C/4. The first-order chi connectivity index (χ1) is 37.4. The van der Waals surface area contributed by atoms with Crippen LogP contribution >= 0.6 is 0 Å². The van der Waals surface area contributed by atoms with Crippen LogP contribution in [0, 0.1) is 22.7 Å². The molecule has 1 aliphatic carbocycles. The normalized spacial score (nSPS) is 26.1. The average molecular weight is 1100 g/mol. The molecule has 4 aromatic rings. The molecule has 0 amide bonds. The summed E-state index contributed by atoms with van der Waals surface area (Å²) in [6.45, 7) is 24.4. The van der Waals surface area contributed by atoms with E-state index in [1.807, 2.05) is 83.1 Å². The number of nitrogens with zero attached hydrogens (tertiary/aromatic N) is 4. The highest BCUT2D eigenvalue weighted by molar-refractivity contribution is 5.89. The summed E-state index contributed by atoms with van der Waals surface area (Å²) in [5.74, 6) is -2.28.